The molecule has 0 radical (unpaired) electrons. The minimum Gasteiger partial charge on any atom is -0.329 e. The van der Waals surface area contributed by atoms with Gasteiger partial charge in [0.2, 0.25) is 15.8 Å². The Kier molecular flexibility index (Phi) is 5.50. The van der Waals surface area contributed by atoms with Crippen LogP contribution in [0.1, 0.15) is 30.4 Å². The van der Waals surface area contributed by atoms with Crippen LogP contribution in [0.3, 0.4) is 0 Å². The Morgan fingerprint density at radius 2 is 1.59 bits per heavy atom. The summed E-state index contributed by atoms with van der Waals surface area (Å²) in [4.78, 5) is 3.37. The molecule has 0 aliphatic heterocycles. The molecular weight excluding hydrogens is 407 g/mol. The summed E-state index contributed by atoms with van der Waals surface area (Å²) in [5.74, 6) is -1.63. The average Bonchev–Trinajstić information content (AvgIpc) is 3.17. The summed E-state index contributed by atoms with van der Waals surface area (Å²) in [5, 5.41) is 3.36. The van der Waals surface area contributed by atoms with Crippen LogP contribution in [0.15, 0.2) is 59.1 Å². The summed E-state index contributed by atoms with van der Waals surface area (Å²) in [6, 6.07) is 15.4. The highest BCUT2D eigenvalue weighted by Crippen LogP contribution is 2.35. The number of hydrogen-bond donors (Lipinski definition) is 1. The van der Waals surface area contributed by atoms with Gasteiger partial charge in [-0.15, -0.1) is 0 Å². The number of nitrogens with one attached hydrogen (secondary N) is 1. The summed E-state index contributed by atoms with van der Waals surface area (Å²) >= 11 is 0. The van der Waals surface area contributed by atoms with Gasteiger partial charge in [0.25, 0.3) is 0 Å². The van der Waals surface area contributed by atoms with Crippen molar-refractivity contribution in [2.45, 2.75) is 25.1 Å². The van der Waals surface area contributed by atoms with E-state index >= 15 is 0 Å². The maximum atomic E-state index is 12.7. The van der Waals surface area contributed by atoms with Crippen molar-refractivity contribution in [1.29, 1.82) is 0 Å². The molecule has 2 aromatic carbocycles. The lowest BCUT2D eigenvalue weighted by molar-refractivity contribution is -0.159. The smallest absolute Gasteiger partial charge is 0.329 e. The number of benzene rings is 2. The Bertz CT molecular complexity index is 1080. The first-order chi connectivity index (χ1) is 13.5. The molecular formula is C19H18F3N3O3S. The molecule has 0 spiro atoms. The van der Waals surface area contributed by atoms with Crippen LogP contribution in [-0.4, -0.2) is 24.8 Å². The van der Waals surface area contributed by atoms with Crippen LogP contribution in [0.5, 0.6) is 0 Å². The van der Waals surface area contributed by atoms with E-state index in [0.717, 1.165) is 11.8 Å². The van der Waals surface area contributed by atoms with E-state index in [9.17, 15) is 21.6 Å². The highest BCUT2D eigenvalue weighted by atomic mass is 32.2. The molecule has 3 rings (SSSR count). The van der Waals surface area contributed by atoms with E-state index in [-0.39, 0.29) is 5.82 Å². The first kappa shape index (κ1) is 21.0. The molecule has 0 aliphatic rings. The normalized spacial score (nSPS) is 14.5. The van der Waals surface area contributed by atoms with Crippen LogP contribution < -0.4 is 4.72 Å². The minimum atomic E-state index is -4.73. The third-order valence-electron chi connectivity index (χ3n) is 4.46. The summed E-state index contributed by atoms with van der Waals surface area (Å²) in [5.41, 5.74) is 0.631. The summed E-state index contributed by atoms with van der Waals surface area (Å²) in [7, 11) is -3.58. The zero-order valence-electron chi connectivity index (χ0n) is 15.6. The van der Waals surface area contributed by atoms with E-state index in [1.165, 1.54) is 12.1 Å². The fraction of sp³-hybridized carbons (Fsp3) is 0.263. The molecule has 0 amide bonds. The lowest BCUT2D eigenvalue weighted by Crippen LogP contribution is -2.45. The first-order valence-corrected chi connectivity index (χ1v) is 10.5. The topological polar surface area (TPSA) is 85.1 Å². The maximum Gasteiger partial charge on any atom is 0.471 e. The highest BCUT2D eigenvalue weighted by Gasteiger charge is 2.39. The number of sulfonamides is 1. The van der Waals surface area contributed by atoms with Crippen molar-refractivity contribution >= 4 is 10.0 Å². The second-order valence-electron chi connectivity index (χ2n) is 6.50. The van der Waals surface area contributed by atoms with Crippen molar-refractivity contribution in [3.63, 3.8) is 0 Å². The molecule has 3 aromatic rings. The third-order valence-corrected chi connectivity index (χ3v) is 5.18. The van der Waals surface area contributed by atoms with Crippen molar-refractivity contribution in [1.82, 2.24) is 14.9 Å². The quantitative estimate of drug-likeness (QED) is 0.646. The first-order valence-electron chi connectivity index (χ1n) is 8.61. The Morgan fingerprint density at radius 3 is 2.07 bits per heavy atom. The molecule has 0 aliphatic carbocycles. The van der Waals surface area contributed by atoms with Crippen molar-refractivity contribution in [2.75, 3.05) is 6.26 Å². The molecule has 1 atom stereocenters. The summed E-state index contributed by atoms with van der Waals surface area (Å²) < 4.78 is 69.1. The molecule has 154 valence electrons. The van der Waals surface area contributed by atoms with E-state index < -0.39 is 27.6 Å². The zero-order valence-corrected chi connectivity index (χ0v) is 16.4. The molecule has 0 bridgehead atoms. The van der Waals surface area contributed by atoms with Crippen LogP contribution >= 0.6 is 0 Å². The van der Waals surface area contributed by atoms with Gasteiger partial charge in [0.05, 0.1) is 11.8 Å². The van der Waals surface area contributed by atoms with Crippen molar-refractivity contribution in [2.24, 2.45) is 0 Å². The van der Waals surface area contributed by atoms with E-state index in [1.807, 2.05) is 25.1 Å². The van der Waals surface area contributed by atoms with E-state index in [4.69, 9.17) is 0 Å². The van der Waals surface area contributed by atoms with E-state index in [1.54, 1.807) is 24.3 Å². The van der Waals surface area contributed by atoms with Gasteiger partial charge in [-0.05, 0) is 17.5 Å². The standard InChI is InChI=1S/C19H18F3N3O3S/c1-3-18(25-29(2,26)27,14-7-5-4-6-8-14)15-11-9-13(10-12-15)16-23-17(28-24-16)19(20,21)22/h4-12,25H,3H2,1-2H3. The highest BCUT2D eigenvalue weighted by molar-refractivity contribution is 7.88. The second-order valence-corrected chi connectivity index (χ2v) is 8.25. The van der Waals surface area contributed by atoms with Crippen LogP contribution in [-0.2, 0) is 21.7 Å². The molecule has 1 aromatic heterocycles. The molecule has 29 heavy (non-hydrogen) atoms. The van der Waals surface area contributed by atoms with Crippen LogP contribution in [0.2, 0.25) is 0 Å². The molecule has 1 N–H and O–H groups in total. The SMILES string of the molecule is CCC(NS(C)(=O)=O)(c1ccccc1)c1ccc(-c2noc(C(F)(F)F)n2)cc1. The van der Waals surface area contributed by atoms with Crippen molar-refractivity contribution < 1.29 is 26.1 Å². The average molecular weight is 425 g/mol. The largest absolute Gasteiger partial charge is 0.471 e. The Labute approximate surface area is 165 Å². The van der Waals surface area contributed by atoms with Gasteiger partial charge in [0.15, 0.2) is 0 Å². The molecule has 0 fully saturated rings. The van der Waals surface area contributed by atoms with Gasteiger partial charge in [-0.2, -0.15) is 18.2 Å². The van der Waals surface area contributed by atoms with Crippen molar-refractivity contribution in [3.8, 4) is 11.4 Å². The monoisotopic (exact) mass is 425 g/mol. The molecule has 10 heteroatoms. The predicted octanol–water partition coefficient (Wildman–Crippen LogP) is 3.96. The lowest BCUT2D eigenvalue weighted by atomic mass is 9.81. The lowest BCUT2D eigenvalue weighted by Gasteiger charge is -2.34. The molecule has 1 unspecified atom stereocenters. The Morgan fingerprint density at radius 1 is 1.00 bits per heavy atom. The van der Waals surface area contributed by atoms with Gasteiger partial charge < -0.3 is 4.52 Å². The van der Waals surface area contributed by atoms with Gasteiger partial charge in [-0.25, -0.2) is 13.1 Å². The number of rotatable bonds is 6. The van der Waals surface area contributed by atoms with Gasteiger partial charge in [0.1, 0.15) is 0 Å². The van der Waals surface area contributed by atoms with Crippen molar-refractivity contribution in [3.05, 3.63) is 71.6 Å². The Hall–Kier alpha value is -2.72. The fourth-order valence-electron chi connectivity index (χ4n) is 3.16. The fourth-order valence-corrected chi connectivity index (χ4v) is 4.18. The molecule has 0 saturated heterocycles. The zero-order chi connectivity index (χ0) is 21.3. The maximum absolute atomic E-state index is 12.7. The Balaban J connectivity index is 2.05. The van der Waals surface area contributed by atoms with Crippen LogP contribution in [0.25, 0.3) is 11.4 Å². The molecule has 0 saturated carbocycles. The van der Waals surface area contributed by atoms with Gasteiger partial charge >= 0.3 is 12.1 Å². The molecule has 1 heterocycles. The molecule has 6 nitrogen and oxygen atoms in total. The predicted molar refractivity (Wildman–Crippen MR) is 100 cm³/mol. The minimum absolute atomic E-state index is 0.207. The number of halogens is 3. The number of hydrogen-bond acceptors (Lipinski definition) is 5. The third kappa shape index (κ3) is 4.48. The van der Waals surface area contributed by atoms with Gasteiger partial charge in [-0.1, -0.05) is 66.7 Å². The number of nitrogens with zero attached hydrogens (tertiary/aromatic N) is 2. The number of aromatic nitrogens is 2. The number of alkyl halides is 3. The summed E-state index contributed by atoms with van der Waals surface area (Å²) in [6.45, 7) is 1.84. The van der Waals surface area contributed by atoms with E-state index in [2.05, 4.69) is 19.4 Å². The second kappa shape index (κ2) is 7.60. The van der Waals surface area contributed by atoms with Gasteiger partial charge in [-0.3, -0.25) is 0 Å². The van der Waals surface area contributed by atoms with Crippen LogP contribution in [0, 0.1) is 0 Å². The van der Waals surface area contributed by atoms with Crippen LogP contribution in [0.4, 0.5) is 13.2 Å². The van der Waals surface area contributed by atoms with E-state index in [0.29, 0.717) is 17.5 Å². The summed E-state index contributed by atoms with van der Waals surface area (Å²) in [6.07, 6.45) is -3.24. The van der Waals surface area contributed by atoms with Gasteiger partial charge in [0, 0.05) is 5.56 Å².